The molecule has 0 aromatic heterocycles. The van der Waals surface area contributed by atoms with Crippen LogP contribution in [0, 0.1) is 11.3 Å². The minimum Gasteiger partial charge on any atom is -0.303 e. The maximum Gasteiger partial charge on any atom is 0.126 e. The first-order valence-electron chi connectivity index (χ1n) is 6.69. The van der Waals surface area contributed by atoms with Gasteiger partial charge in [-0.1, -0.05) is 55.7 Å². The SMILES string of the molecule is CCCC1=C(C2C=CC=CC2)CC(C)(C=O)C1. The summed E-state index contributed by atoms with van der Waals surface area (Å²) in [4.78, 5) is 11.2. The zero-order valence-corrected chi connectivity index (χ0v) is 10.9. The molecule has 2 unspecified atom stereocenters. The summed E-state index contributed by atoms with van der Waals surface area (Å²) in [7, 11) is 0. The highest BCUT2D eigenvalue weighted by atomic mass is 16.1. The molecule has 2 rings (SSSR count). The van der Waals surface area contributed by atoms with Gasteiger partial charge < -0.3 is 4.79 Å². The number of hydrogen-bond donors (Lipinski definition) is 0. The van der Waals surface area contributed by atoms with E-state index in [-0.39, 0.29) is 5.41 Å². The van der Waals surface area contributed by atoms with Gasteiger partial charge in [0.15, 0.2) is 0 Å². The van der Waals surface area contributed by atoms with Crippen molar-refractivity contribution in [3.8, 4) is 0 Å². The van der Waals surface area contributed by atoms with Gasteiger partial charge in [-0.15, -0.1) is 0 Å². The summed E-state index contributed by atoms with van der Waals surface area (Å²) in [5.41, 5.74) is 2.96. The van der Waals surface area contributed by atoms with E-state index in [2.05, 4.69) is 38.2 Å². The van der Waals surface area contributed by atoms with Crippen molar-refractivity contribution in [1.82, 2.24) is 0 Å². The first-order valence-corrected chi connectivity index (χ1v) is 6.69. The molecule has 0 spiro atoms. The zero-order chi connectivity index (χ0) is 12.3. The summed E-state index contributed by atoms with van der Waals surface area (Å²) in [6, 6.07) is 0. The van der Waals surface area contributed by atoms with Gasteiger partial charge in [0.05, 0.1) is 0 Å². The molecule has 0 heterocycles. The normalized spacial score (nSPS) is 32.2. The lowest BCUT2D eigenvalue weighted by atomic mass is 9.84. The summed E-state index contributed by atoms with van der Waals surface area (Å²) in [5, 5.41) is 0. The Morgan fingerprint density at radius 2 is 2.24 bits per heavy atom. The largest absolute Gasteiger partial charge is 0.303 e. The number of aldehydes is 1. The Bertz CT molecular complexity index is 386. The zero-order valence-electron chi connectivity index (χ0n) is 10.9. The minimum absolute atomic E-state index is 0.130. The molecule has 2 aliphatic carbocycles. The summed E-state index contributed by atoms with van der Waals surface area (Å²) in [6.45, 7) is 4.32. The quantitative estimate of drug-likeness (QED) is 0.522. The topological polar surface area (TPSA) is 17.1 Å². The van der Waals surface area contributed by atoms with E-state index in [1.165, 1.54) is 6.42 Å². The van der Waals surface area contributed by atoms with Crippen molar-refractivity contribution >= 4 is 6.29 Å². The third kappa shape index (κ3) is 2.59. The molecule has 0 amide bonds. The second-order valence-electron chi connectivity index (χ2n) is 5.66. The van der Waals surface area contributed by atoms with Gasteiger partial charge >= 0.3 is 0 Å². The van der Waals surface area contributed by atoms with E-state index in [1.54, 1.807) is 11.1 Å². The van der Waals surface area contributed by atoms with Crippen LogP contribution in [0.4, 0.5) is 0 Å². The van der Waals surface area contributed by atoms with Crippen LogP contribution < -0.4 is 0 Å². The standard InChI is InChI=1S/C16H22O/c1-3-7-14-10-16(2,12-17)11-15(14)13-8-5-4-6-9-13/h4-6,8,12-13H,3,7,9-11H2,1-2H3. The molecular formula is C16H22O. The van der Waals surface area contributed by atoms with Crippen molar-refractivity contribution in [2.75, 3.05) is 0 Å². The summed E-state index contributed by atoms with van der Waals surface area (Å²) >= 11 is 0. The molecule has 0 bridgehead atoms. The molecule has 0 saturated heterocycles. The van der Waals surface area contributed by atoms with Crippen molar-refractivity contribution in [2.24, 2.45) is 11.3 Å². The molecule has 92 valence electrons. The van der Waals surface area contributed by atoms with Crippen LogP contribution >= 0.6 is 0 Å². The van der Waals surface area contributed by atoms with E-state index in [9.17, 15) is 4.79 Å². The van der Waals surface area contributed by atoms with Crippen molar-refractivity contribution in [3.05, 3.63) is 35.5 Å². The lowest BCUT2D eigenvalue weighted by molar-refractivity contribution is -0.115. The molecule has 0 radical (unpaired) electrons. The average molecular weight is 230 g/mol. The maximum absolute atomic E-state index is 11.2. The number of hydrogen-bond acceptors (Lipinski definition) is 1. The molecule has 0 fully saturated rings. The summed E-state index contributed by atoms with van der Waals surface area (Å²) in [6.07, 6.45) is 15.3. The predicted molar refractivity (Wildman–Crippen MR) is 71.7 cm³/mol. The molecule has 1 heteroatoms. The Balaban J connectivity index is 2.21. The third-order valence-electron chi connectivity index (χ3n) is 3.93. The average Bonchev–Trinajstić information content (AvgIpc) is 2.69. The number of rotatable bonds is 4. The maximum atomic E-state index is 11.2. The van der Waals surface area contributed by atoms with Crippen LogP contribution in [-0.4, -0.2) is 6.29 Å². The monoisotopic (exact) mass is 230 g/mol. The van der Waals surface area contributed by atoms with Crippen molar-refractivity contribution in [2.45, 2.75) is 46.0 Å². The van der Waals surface area contributed by atoms with E-state index in [0.717, 1.165) is 32.0 Å². The lowest BCUT2D eigenvalue weighted by Gasteiger charge is -2.19. The van der Waals surface area contributed by atoms with Crippen LogP contribution in [0.15, 0.2) is 35.5 Å². The Morgan fingerprint density at radius 3 is 2.82 bits per heavy atom. The van der Waals surface area contributed by atoms with Crippen LogP contribution in [-0.2, 0) is 4.79 Å². The van der Waals surface area contributed by atoms with E-state index in [1.807, 2.05) is 0 Å². The fourth-order valence-corrected chi connectivity index (χ4v) is 3.09. The van der Waals surface area contributed by atoms with E-state index in [4.69, 9.17) is 0 Å². The highest BCUT2D eigenvalue weighted by Gasteiger charge is 2.35. The molecule has 0 aliphatic heterocycles. The van der Waals surface area contributed by atoms with Gasteiger partial charge in [0, 0.05) is 11.3 Å². The fourth-order valence-electron chi connectivity index (χ4n) is 3.09. The highest BCUT2D eigenvalue weighted by molar-refractivity contribution is 5.62. The smallest absolute Gasteiger partial charge is 0.126 e. The van der Waals surface area contributed by atoms with E-state index < -0.39 is 0 Å². The van der Waals surface area contributed by atoms with Gasteiger partial charge in [-0.05, 0) is 25.7 Å². The molecule has 2 aliphatic rings. The molecule has 17 heavy (non-hydrogen) atoms. The van der Waals surface area contributed by atoms with Gasteiger partial charge in [0.25, 0.3) is 0 Å². The lowest BCUT2D eigenvalue weighted by Crippen LogP contribution is -2.15. The predicted octanol–water partition coefficient (Wildman–Crippen LogP) is 4.21. The van der Waals surface area contributed by atoms with Gasteiger partial charge in [-0.2, -0.15) is 0 Å². The first-order chi connectivity index (χ1) is 8.18. The highest BCUT2D eigenvalue weighted by Crippen LogP contribution is 2.46. The Morgan fingerprint density at radius 1 is 1.41 bits per heavy atom. The first kappa shape index (κ1) is 12.3. The van der Waals surface area contributed by atoms with Gasteiger partial charge in [0.1, 0.15) is 6.29 Å². The number of carbonyl (C=O) groups is 1. The van der Waals surface area contributed by atoms with E-state index >= 15 is 0 Å². The molecule has 2 atom stereocenters. The van der Waals surface area contributed by atoms with Gasteiger partial charge in [-0.25, -0.2) is 0 Å². The third-order valence-corrected chi connectivity index (χ3v) is 3.93. The molecule has 1 nitrogen and oxygen atoms in total. The van der Waals surface area contributed by atoms with Crippen LogP contribution in [0.25, 0.3) is 0 Å². The number of allylic oxidation sites excluding steroid dienone is 6. The summed E-state index contributed by atoms with van der Waals surface area (Å²) in [5.74, 6) is 0.545. The van der Waals surface area contributed by atoms with E-state index in [0.29, 0.717) is 5.92 Å². The molecule has 0 aromatic rings. The van der Waals surface area contributed by atoms with Gasteiger partial charge in [0.2, 0.25) is 0 Å². The Hall–Kier alpha value is -1.11. The van der Waals surface area contributed by atoms with Crippen LogP contribution in [0.2, 0.25) is 0 Å². The molecular weight excluding hydrogens is 208 g/mol. The van der Waals surface area contributed by atoms with Crippen LogP contribution in [0.1, 0.15) is 46.0 Å². The number of carbonyl (C=O) groups excluding carboxylic acids is 1. The second kappa shape index (κ2) is 5.03. The van der Waals surface area contributed by atoms with Crippen molar-refractivity contribution in [3.63, 3.8) is 0 Å². The Labute approximate surface area is 104 Å². The van der Waals surface area contributed by atoms with Crippen molar-refractivity contribution < 1.29 is 4.79 Å². The van der Waals surface area contributed by atoms with Crippen LogP contribution in [0.3, 0.4) is 0 Å². The summed E-state index contributed by atoms with van der Waals surface area (Å²) < 4.78 is 0. The minimum atomic E-state index is -0.130. The van der Waals surface area contributed by atoms with Crippen LogP contribution in [0.5, 0.6) is 0 Å². The fraction of sp³-hybridized carbons (Fsp3) is 0.562. The van der Waals surface area contributed by atoms with Crippen molar-refractivity contribution in [1.29, 1.82) is 0 Å². The Kier molecular flexibility index (Phi) is 3.66. The van der Waals surface area contributed by atoms with Gasteiger partial charge in [-0.3, -0.25) is 0 Å². The second-order valence-corrected chi connectivity index (χ2v) is 5.66. The molecule has 0 saturated carbocycles. The molecule has 0 N–H and O–H groups in total. The molecule has 0 aromatic carbocycles.